The van der Waals surface area contributed by atoms with Gasteiger partial charge in [-0.2, -0.15) is 0 Å². The van der Waals surface area contributed by atoms with E-state index in [1.807, 2.05) is 0 Å². The normalized spacial score (nSPS) is 15.8. The minimum absolute atomic E-state index is 0.0841. The Morgan fingerprint density at radius 2 is 1.22 bits per heavy atom. The first kappa shape index (κ1) is 26.9. The highest BCUT2D eigenvalue weighted by atomic mass is 16.5. The Bertz CT molecular complexity index is 1140. The van der Waals surface area contributed by atoms with Crippen molar-refractivity contribution in [2.24, 2.45) is 11.7 Å². The lowest BCUT2D eigenvalue weighted by molar-refractivity contribution is 0.0352. The number of ether oxygens (including phenoxy) is 2. The number of hydrogen-bond donors (Lipinski definition) is 1. The summed E-state index contributed by atoms with van der Waals surface area (Å²) in [6, 6.07) is 6.40. The molecule has 37 heavy (non-hydrogen) atoms. The molecule has 4 amide bonds. The number of benzene rings is 2. The van der Waals surface area contributed by atoms with Crippen LogP contribution in [0.15, 0.2) is 24.3 Å². The Labute approximate surface area is 216 Å². The Morgan fingerprint density at radius 3 is 1.68 bits per heavy atom. The lowest BCUT2D eigenvalue weighted by Crippen LogP contribution is -2.45. The molecule has 0 radical (unpaired) electrons. The van der Waals surface area contributed by atoms with E-state index < -0.39 is 11.8 Å². The summed E-state index contributed by atoms with van der Waals surface area (Å²) in [5.74, 6) is -1.44. The first-order valence-electron chi connectivity index (χ1n) is 13.1. The zero-order chi connectivity index (χ0) is 26.5. The molecule has 0 bridgehead atoms. The van der Waals surface area contributed by atoms with Gasteiger partial charge in [0.2, 0.25) is 0 Å². The van der Waals surface area contributed by atoms with Crippen LogP contribution in [-0.4, -0.2) is 79.5 Å². The van der Waals surface area contributed by atoms with Gasteiger partial charge in [0.15, 0.2) is 0 Å². The van der Waals surface area contributed by atoms with Gasteiger partial charge in [-0.15, -0.1) is 0 Å². The Balaban J connectivity index is 1.58. The van der Waals surface area contributed by atoms with Gasteiger partial charge in [-0.25, -0.2) is 0 Å². The van der Waals surface area contributed by atoms with E-state index in [1.165, 1.54) is 4.90 Å². The molecular formula is C28H35N3O6. The number of carbonyl (C=O) groups is 4. The average molecular weight is 510 g/mol. The third-order valence-electron chi connectivity index (χ3n) is 7.14. The van der Waals surface area contributed by atoms with Gasteiger partial charge in [-0.05, 0) is 36.6 Å². The molecular weight excluding hydrogens is 474 g/mol. The molecule has 0 aromatic heterocycles. The molecule has 2 aromatic rings. The monoisotopic (exact) mass is 509 g/mol. The predicted octanol–water partition coefficient (Wildman–Crippen LogP) is 3.24. The first-order valence-corrected chi connectivity index (χ1v) is 13.1. The molecule has 4 rings (SSSR count). The molecule has 2 aromatic carbocycles. The number of amides is 4. The molecule has 2 N–H and O–H groups in total. The molecule has 2 aliphatic rings. The van der Waals surface area contributed by atoms with Crippen LogP contribution in [0.5, 0.6) is 0 Å². The summed E-state index contributed by atoms with van der Waals surface area (Å²) >= 11 is 0. The van der Waals surface area contributed by atoms with E-state index in [-0.39, 0.29) is 30.9 Å². The molecule has 9 nitrogen and oxygen atoms in total. The minimum atomic E-state index is -0.461. The van der Waals surface area contributed by atoms with E-state index in [9.17, 15) is 19.2 Å². The third-order valence-corrected chi connectivity index (χ3v) is 7.14. The maximum absolute atomic E-state index is 13.5. The van der Waals surface area contributed by atoms with Gasteiger partial charge < -0.3 is 15.2 Å². The molecule has 0 saturated heterocycles. The van der Waals surface area contributed by atoms with E-state index in [4.69, 9.17) is 15.2 Å². The Kier molecular flexibility index (Phi) is 8.68. The number of imide groups is 2. The lowest BCUT2D eigenvalue weighted by Gasteiger charge is -2.33. The van der Waals surface area contributed by atoms with Gasteiger partial charge in [-0.3, -0.25) is 29.0 Å². The van der Waals surface area contributed by atoms with Crippen molar-refractivity contribution in [2.75, 3.05) is 46.1 Å². The van der Waals surface area contributed by atoms with E-state index in [0.717, 1.165) is 30.6 Å². The van der Waals surface area contributed by atoms with E-state index in [0.29, 0.717) is 65.9 Å². The van der Waals surface area contributed by atoms with Crippen LogP contribution < -0.4 is 5.73 Å². The number of hydrogen-bond acceptors (Lipinski definition) is 7. The second-order valence-electron chi connectivity index (χ2n) is 9.48. The van der Waals surface area contributed by atoms with Gasteiger partial charge in [0, 0.05) is 46.1 Å². The van der Waals surface area contributed by atoms with Crippen molar-refractivity contribution in [1.82, 2.24) is 9.80 Å². The summed E-state index contributed by atoms with van der Waals surface area (Å²) < 4.78 is 10.8. The first-order chi connectivity index (χ1) is 17.9. The largest absolute Gasteiger partial charge is 0.378 e. The summed E-state index contributed by atoms with van der Waals surface area (Å²) in [6.45, 7) is 6.38. The quantitative estimate of drug-likeness (QED) is 0.307. The smallest absolute Gasteiger partial charge is 0.261 e. The van der Waals surface area contributed by atoms with E-state index in [1.54, 1.807) is 24.3 Å². The summed E-state index contributed by atoms with van der Waals surface area (Å²) in [4.78, 5) is 56.0. The van der Waals surface area contributed by atoms with Crippen LogP contribution in [0, 0.1) is 5.92 Å². The van der Waals surface area contributed by atoms with Crippen molar-refractivity contribution in [3.63, 3.8) is 0 Å². The SMILES string of the molecule is CCCCC(CC)CN1C(=O)c2ccc3c4c(ccc(c24)C1=O)C(=O)N(CCOCCOCCN)C3=O. The second-order valence-corrected chi connectivity index (χ2v) is 9.48. The van der Waals surface area contributed by atoms with Gasteiger partial charge >= 0.3 is 0 Å². The van der Waals surface area contributed by atoms with Crippen LogP contribution >= 0.6 is 0 Å². The lowest BCUT2D eigenvalue weighted by atomic mass is 9.85. The molecule has 1 atom stereocenters. The summed E-state index contributed by atoms with van der Waals surface area (Å²) in [7, 11) is 0. The molecule has 1 unspecified atom stereocenters. The van der Waals surface area contributed by atoms with Gasteiger partial charge in [0.1, 0.15) is 0 Å². The summed E-state index contributed by atoms with van der Waals surface area (Å²) in [5, 5.41) is 0.786. The third kappa shape index (κ3) is 5.16. The van der Waals surface area contributed by atoms with Crippen LogP contribution in [0.4, 0.5) is 0 Å². The number of nitrogens with two attached hydrogens (primary N) is 1. The van der Waals surface area contributed by atoms with Crippen molar-refractivity contribution in [3.8, 4) is 0 Å². The standard InChI is InChI=1S/C28H35N3O6/c1-3-5-6-18(4-2)17-31-27(34)21-9-7-19-23-20(8-10-22(24(21)23)28(31)35)26(33)30(25(19)32)12-14-37-16-15-36-13-11-29/h7-10,18H,3-6,11-17,29H2,1-2H3. The van der Waals surface area contributed by atoms with Crippen LogP contribution in [-0.2, 0) is 9.47 Å². The topological polar surface area (TPSA) is 119 Å². The molecule has 2 heterocycles. The number of carbonyl (C=O) groups excluding carboxylic acids is 4. The van der Waals surface area contributed by atoms with Gasteiger partial charge in [-0.1, -0.05) is 33.1 Å². The minimum Gasteiger partial charge on any atom is -0.378 e. The maximum Gasteiger partial charge on any atom is 0.261 e. The second kappa shape index (κ2) is 11.9. The predicted molar refractivity (Wildman–Crippen MR) is 139 cm³/mol. The summed E-state index contributed by atoms with van der Waals surface area (Å²) in [6.07, 6.45) is 3.93. The number of unbranched alkanes of at least 4 members (excludes halogenated alkanes) is 1. The van der Waals surface area contributed by atoms with Crippen LogP contribution in [0.3, 0.4) is 0 Å². The molecule has 0 spiro atoms. The van der Waals surface area contributed by atoms with E-state index >= 15 is 0 Å². The highest BCUT2D eigenvalue weighted by Crippen LogP contribution is 2.38. The molecule has 0 aliphatic carbocycles. The number of rotatable bonds is 14. The van der Waals surface area contributed by atoms with Crippen molar-refractivity contribution in [3.05, 3.63) is 46.5 Å². The van der Waals surface area contributed by atoms with Crippen molar-refractivity contribution in [2.45, 2.75) is 39.5 Å². The van der Waals surface area contributed by atoms with E-state index in [2.05, 4.69) is 13.8 Å². The zero-order valence-corrected chi connectivity index (χ0v) is 21.6. The average Bonchev–Trinajstić information content (AvgIpc) is 2.91. The van der Waals surface area contributed by atoms with Crippen molar-refractivity contribution in [1.29, 1.82) is 0 Å². The van der Waals surface area contributed by atoms with Gasteiger partial charge in [0.25, 0.3) is 23.6 Å². The highest BCUT2D eigenvalue weighted by Gasteiger charge is 2.39. The fraction of sp³-hybridized carbons (Fsp3) is 0.500. The van der Waals surface area contributed by atoms with Crippen molar-refractivity contribution < 1.29 is 28.7 Å². The number of nitrogens with zero attached hydrogens (tertiary/aromatic N) is 2. The molecule has 198 valence electrons. The molecule has 9 heteroatoms. The molecule has 0 saturated carbocycles. The highest BCUT2D eigenvalue weighted by molar-refractivity contribution is 6.33. The fourth-order valence-electron chi connectivity index (χ4n) is 5.08. The maximum atomic E-state index is 13.5. The van der Waals surface area contributed by atoms with Crippen LogP contribution in [0.2, 0.25) is 0 Å². The zero-order valence-electron chi connectivity index (χ0n) is 21.6. The Hall–Kier alpha value is -3.14. The van der Waals surface area contributed by atoms with Crippen LogP contribution in [0.1, 0.15) is 81.0 Å². The van der Waals surface area contributed by atoms with Crippen LogP contribution in [0.25, 0.3) is 10.8 Å². The van der Waals surface area contributed by atoms with Gasteiger partial charge in [0.05, 0.1) is 33.0 Å². The summed E-state index contributed by atoms with van der Waals surface area (Å²) in [5.41, 5.74) is 6.71. The molecule has 0 fully saturated rings. The fourth-order valence-corrected chi connectivity index (χ4v) is 5.08. The molecule has 2 aliphatic heterocycles. The Morgan fingerprint density at radius 1 is 0.730 bits per heavy atom. The van der Waals surface area contributed by atoms with Crippen molar-refractivity contribution >= 4 is 34.4 Å².